The summed E-state index contributed by atoms with van der Waals surface area (Å²) in [6.45, 7) is 3.62. The van der Waals surface area contributed by atoms with Crippen LogP contribution in [0.1, 0.15) is 58.3 Å². The Kier molecular flexibility index (Phi) is 7.76. The maximum absolute atomic E-state index is 12.3. The van der Waals surface area contributed by atoms with Crippen molar-refractivity contribution in [2.24, 2.45) is 0 Å². The molecule has 1 fully saturated rings. The van der Waals surface area contributed by atoms with Crippen LogP contribution < -0.4 is 5.32 Å². The first-order chi connectivity index (χ1) is 9.01. The summed E-state index contributed by atoms with van der Waals surface area (Å²) in [6.07, 6.45) is 1.64. The molecule has 1 rings (SSSR count). The minimum absolute atomic E-state index is 0.0351. The second-order valence-corrected chi connectivity index (χ2v) is 5.37. The van der Waals surface area contributed by atoms with Crippen molar-refractivity contribution in [3.05, 3.63) is 0 Å². The second kappa shape index (κ2) is 8.80. The van der Waals surface area contributed by atoms with Gasteiger partial charge in [0.2, 0.25) is 0 Å². The quantitative estimate of drug-likeness (QED) is 0.725. The van der Waals surface area contributed by atoms with Crippen LogP contribution in [0.25, 0.3) is 0 Å². The smallest absolute Gasteiger partial charge is 0.378 e. The van der Waals surface area contributed by atoms with Gasteiger partial charge in [0, 0.05) is 19.1 Å². The fourth-order valence-corrected chi connectivity index (χ4v) is 2.46. The molecular formula is C14H26F3NO. The van der Waals surface area contributed by atoms with Crippen LogP contribution in [0.2, 0.25) is 0 Å². The predicted molar refractivity (Wildman–Crippen MR) is 70.2 cm³/mol. The van der Waals surface area contributed by atoms with Crippen LogP contribution in [-0.2, 0) is 4.74 Å². The molecular weight excluding hydrogens is 255 g/mol. The molecule has 0 aliphatic carbocycles. The van der Waals surface area contributed by atoms with E-state index in [2.05, 4.69) is 5.32 Å². The molecule has 1 N–H and O–H groups in total. The number of hydrogen-bond acceptors (Lipinski definition) is 2. The van der Waals surface area contributed by atoms with Gasteiger partial charge in [-0.1, -0.05) is 6.92 Å². The van der Waals surface area contributed by atoms with Crippen molar-refractivity contribution in [1.82, 2.24) is 5.32 Å². The van der Waals surface area contributed by atoms with E-state index in [0.717, 1.165) is 45.3 Å². The van der Waals surface area contributed by atoms with E-state index >= 15 is 0 Å². The van der Waals surface area contributed by atoms with Gasteiger partial charge in [0.05, 0.1) is 6.10 Å². The van der Waals surface area contributed by atoms with E-state index < -0.39 is 12.6 Å². The zero-order valence-electron chi connectivity index (χ0n) is 11.8. The molecule has 1 aliphatic heterocycles. The van der Waals surface area contributed by atoms with Gasteiger partial charge in [0.1, 0.15) is 0 Å². The van der Waals surface area contributed by atoms with Crippen molar-refractivity contribution in [3.63, 3.8) is 0 Å². The van der Waals surface area contributed by atoms with Crippen molar-refractivity contribution in [1.29, 1.82) is 0 Å². The average Bonchev–Trinajstić information content (AvgIpc) is 2.38. The lowest BCUT2D eigenvalue weighted by Crippen LogP contribution is -2.32. The van der Waals surface area contributed by atoms with E-state index in [4.69, 9.17) is 4.74 Å². The van der Waals surface area contributed by atoms with Gasteiger partial charge >= 0.3 is 6.18 Å². The number of rotatable bonds is 8. The maximum atomic E-state index is 12.3. The summed E-state index contributed by atoms with van der Waals surface area (Å²) in [4.78, 5) is 0. The van der Waals surface area contributed by atoms with Crippen LogP contribution in [0.3, 0.4) is 0 Å². The highest BCUT2D eigenvalue weighted by Gasteiger charge is 2.28. The maximum Gasteiger partial charge on any atom is 0.389 e. The highest BCUT2D eigenvalue weighted by atomic mass is 19.4. The first kappa shape index (κ1) is 16.8. The standard InChI is InChI=1S/C14H26F3NO/c1-2-10-18-12(8-9-14(15,16)17)6-7-13-5-3-4-11-19-13/h12-13,18H,2-11H2,1H3. The molecule has 2 nitrogen and oxygen atoms in total. The largest absolute Gasteiger partial charge is 0.389 e. The SMILES string of the molecule is CCCNC(CCC1CCCCO1)CCC(F)(F)F. The van der Waals surface area contributed by atoms with Crippen LogP contribution in [0.5, 0.6) is 0 Å². The van der Waals surface area contributed by atoms with E-state index in [1.54, 1.807) is 0 Å². The van der Waals surface area contributed by atoms with Gasteiger partial charge in [-0.15, -0.1) is 0 Å². The Morgan fingerprint density at radius 1 is 1.26 bits per heavy atom. The number of hydrogen-bond donors (Lipinski definition) is 1. The number of alkyl halides is 3. The lowest BCUT2D eigenvalue weighted by molar-refractivity contribution is -0.136. The number of ether oxygens (including phenoxy) is 1. The Morgan fingerprint density at radius 2 is 2.05 bits per heavy atom. The summed E-state index contributed by atoms with van der Waals surface area (Å²) < 4.78 is 42.5. The summed E-state index contributed by atoms with van der Waals surface area (Å²) in [5, 5.41) is 3.23. The summed E-state index contributed by atoms with van der Waals surface area (Å²) in [6, 6.07) is -0.0351. The minimum Gasteiger partial charge on any atom is -0.378 e. The van der Waals surface area contributed by atoms with Gasteiger partial charge in [0.25, 0.3) is 0 Å². The fraction of sp³-hybridized carbons (Fsp3) is 1.00. The van der Waals surface area contributed by atoms with Crippen LogP contribution in [0, 0.1) is 0 Å². The summed E-state index contributed by atoms with van der Waals surface area (Å²) >= 11 is 0. The Balaban J connectivity index is 2.26. The number of nitrogens with one attached hydrogen (secondary N) is 1. The van der Waals surface area contributed by atoms with Gasteiger partial charge < -0.3 is 10.1 Å². The van der Waals surface area contributed by atoms with Gasteiger partial charge in [-0.2, -0.15) is 13.2 Å². The van der Waals surface area contributed by atoms with Crippen molar-refractivity contribution in [2.75, 3.05) is 13.2 Å². The molecule has 0 saturated carbocycles. The molecule has 2 unspecified atom stereocenters. The highest BCUT2D eigenvalue weighted by molar-refractivity contribution is 4.73. The molecule has 1 heterocycles. The number of halogens is 3. The van der Waals surface area contributed by atoms with E-state index in [9.17, 15) is 13.2 Å². The molecule has 0 aromatic carbocycles. The van der Waals surface area contributed by atoms with Gasteiger partial charge in [-0.05, 0) is 51.5 Å². The van der Waals surface area contributed by atoms with Crippen molar-refractivity contribution < 1.29 is 17.9 Å². The van der Waals surface area contributed by atoms with Crippen LogP contribution in [0.15, 0.2) is 0 Å². The topological polar surface area (TPSA) is 21.3 Å². The Bertz CT molecular complexity index is 227. The van der Waals surface area contributed by atoms with E-state index in [1.165, 1.54) is 6.42 Å². The normalized spacial score (nSPS) is 22.4. The molecule has 0 radical (unpaired) electrons. The van der Waals surface area contributed by atoms with E-state index in [-0.39, 0.29) is 18.6 Å². The Labute approximate surface area is 114 Å². The second-order valence-electron chi connectivity index (χ2n) is 5.37. The van der Waals surface area contributed by atoms with E-state index in [0.29, 0.717) is 0 Å². The third-order valence-corrected chi connectivity index (χ3v) is 3.57. The fourth-order valence-electron chi connectivity index (χ4n) is 2.46. The Morgan fingerprint density at radius 3 is 2.63 bits per heavy atom. The summed E-state index contributed by atoms with van der Waals surface area (Å²) in [7, 11) is 0. The van der Waals surface area contributed by atoms with Crippen molar-refractivity contribution >= 4 is 0 Å². The van der Waals surface area contributed by atoms with Crippen LogP contribution >= 0.6 is 0 Å². The van der Waals surface area contributed by atoms with Gasteiger partial charge in [-0.3, -0.25) is 0 Å². The third kappa shape index (κ3) is 8.47. The monoisotopic (exact) mass is 281 g/mol. The molecule has 0 aromatic heterocycles. The third-order valence-electron chi connectivity index (χ3n) is 3.57. The summed E-state index contributed by atoms with van der Waals surface area (Å²) in [5.74, 6) is 0. The first-order valence-corrected chi connectivity index (χ1v) is 7.43. The molecule has 0 aromatic rings. The van der Waals surface area contributed by atoms with Crippen LogP contribution in [0.4, 0.5) is 13.2 Å². The molecule has 19 heavy (non-hydrogen) atoms. The van der Waals surface area contributed by atoms with E-state index in [1.807, 2.05) is 6.92 Å². The molecule has 0 spiro atoms. The van der Waals surface area contributed by atoms with Crippen molar-refractivity contribution in [3.8, 4) is 0 Å². The highest BCUT2D eigenvalue weighted by Crippen LogP contribution is 2.24. The first-order valence-electron chi connectivity index (χ1n) is 7.43. The molecule has 1 saturated heterocycles. The van der Waals surface area contributed by atoms with Crippen LogP contribution in [-0.4, -0.2) is 31.5 Å². The molecule has 0 amide bonds. The zero-order chi connectivity index (χ0) is 14.1. The lowest BCUT2D eigenvalue weighted by Gasteiger charge is -2.25. The summed E-state index contributed by atoms with van der Waals surface area (Å²) in [5.41, 5.74) is 0. The average molecular weight is 281 g/mol. The van der Waals surface area contributed by atoms with Gasteiger partial charge in [-0.25, -0.2) is 0 Å². The van der Waals surface area contributed by atoms with Gasteiger partial charge in [0.15, 0.2) is 0 Å². The lowest BCUT2D eigenvalue weighted by atomic mass is 9.99. The molecule has 114 valence electrons. The Hall–Kier alpha value is -0.290. The predicted octanol–water partition coefficient (Wildman–Crippen LogP) is 4.05. The molecule has 2 atom stereocenters. The molecule has 1 aliphatic rings. The molecule has 5 heteroatoms. The molecule has 0 bridgehead atoms. The zero-order valence-corrected chi connectivity index (χ0v) is 11.8. The minimum atomic E-state index is -4.05. The van der Waals surface area contributed by atoms with Crippen molar-refractivity contribution in [2.45, 2.75) is 76.6 Å².